The summed E-state index contributed by atoms with van der Waals surface area (Å²) in [6.45, 7) is 4.22. The van der Waals surface area contributed by atoms with E-state index in [1.165, 1.54) is 4.57 Å². The molecule has 1 N–H and O–H groups in total. The Labute approximate surface area is 157 Å². The molecule has 4 rings (SSSR count). The van der Waals surface area contributed by atoms with Crippen LogP contribution < -0.4 is 20.7 Å². The third kappa shape index (κ3) is 2.87. The van der Waals surface area contributed by atoms with E-state index in [1.54, 1.807) is 11.6 Å². The first-order valence-electron chi connectivity index (χ1n) is 9.71. The van der Waals surface area contributed by atoms with Gasteiger partial charge in [-0.2, -0.15) is 0 Å². The van der Waals surface area contributed by atoms with E-state index in [9.17, 15) is 9.59 Å². The lowest BCUT2D eigenvalue weighted by molar-refractivity contribution is -0.663. The van der Waals surface area contributed by atoms with E-state index in [1.807, 2.05) is 22.8 Å². The number of fused-ring (bicyclic) bond motifs is 3. The van der Waals surface area contributed by atoms with Gasteiger partial charge >= 0.3 is 11.6 Å². The van der Waals surface area contributed by atoms with Crippen molar-refractivity contribution < 1.29 is 4.57 Å². The van der Waals surface area contributed by atoms with E-state index in [2.05, 4.69) is 28.9 Å². The number of imidazole rings is 1. The van der Waals surface area contributed by atoms with Crippen LogP contribution in [0.15, 0.2) is 39.9 Å². The molecule has 0 spiro atoms. The molecule has 7 heteroatoms. The van der Waals surface area contributed by atoms with Gasteiger partial charge in [0.25, 0.3) is 5.56 Å². The summed E-state index contributed by atoms with van der Waals surface area (Å²) in [6.07, 6.45) is 3.84. The summed E-state index contributed by atoms with van der Waals surface area (Å²) in [5.74, 6) is 0.862. The van der Waals surface area contributed by atoms with Gasteiger partial charge in [0.1, 0.15) is 5.69 Å². The second-order valence-corrected chi connectivity index (χ2v) is 7.14. The molecule has 0 amide bonds. The Balaban J connectivity index is 1.90. The Morgan fingerprint density at radius 3 is 2.67 bits per heavy atom. The number of hydrogen-bond acceptors (Lipinski definition) is 3. The van der Waals surface area contributed by atoms with Crippen LogP contribution in [-0.2, 0) is 20.1 Å². The van der Waals surface area contributed by atoms with E-state index in [-0.39, 0.29) is 11.2 Å². The van der Waals surface area contributed by atoms with Crippen LogP contribution in [0.3, 0.4) is 0 Å². The third-order valence-corrected chi connectivity index (χ3v) is 5.35. The Kier molecular flexibility index (Phi) is 4.59. The number of unbranched alkanes of at least 4 members (excludes halogenated alkanes) is 2. The molecule has 3 aromatic rings. The van der Waals surface area contributed by atoms with E-state index < -0.39 is 0 Å². The maximum Gasteiger partial charge on any atom is 0.364 e. The van der Waals surface area contributed by atoms with Crippen molar-refractivity contribution in [1.82, 2.24) is 14.1 Å². The summed E-state index contributed by atoms with van der Waals surface area (Å²) in [6, 6.07) is 10.1. The van der Waals surface area contributed by atoms with Crippen LogP contribution in [0.5, 0.6) is 0 Å². The standard InChI is InChI=1S/C20H25N5O2/c1-3-4-8-12-25-18(26)16-17(22(2)20(25)27)21-19-23(13-9-14-24(16)19)15-10-6-5-7-11-15/h5-7,10-11H,3-4,8-9,12-14H2,1-2H3/p+1. The molecule has 2 aromatic heterocycles. The normalized spacial score (nSPS) is 13.9. The first-order chi connectivity index (χ1) is 13.1. The highest BCUT2D eigenvalue weighted by atomic mass is 16.2. The van der Waals surface area contributed by atoms with Crippen LogP contribution in [0.1, 0.15) is 32.6 Å². The average molecular weight is 368 g/mol. The van der Waals surface area contributed by atoms with E-state index in [0.29, 0.717) is 17.7 Å². The molecule has 0 radical (unpaired) electrons. The van der Waals surface area contributed by atoms with Gasteiger partial charge in [0.15, 0.2) is 0 Å². The smallest absolute Gasteiger partial charge is 0.267 e. The van der Waals surface area contributed by atoms with Gasteiger partial charge in [0.2, 0.25) is 11.2 Å². The minimum atomic E-state index is -0.255. The number of nitrogens with one attached hydrogen (secondary N) is 1. The Bertz CT molecular complexity index is 1080. The third-order valence-electron chi connectivity index (χ3n) is 5.35. The number of H-pyrrole nitrogens is 1. The van der Waals surface area contributed by atoms with Crippen molar-refractivity contribution in [3.63, 3.8) is 0 Å². The molecule has 27 heavy (non-hydrogen) atoms. The first-order valence-corrected chi connectivity index (χ1v) is 9.71. The zero-order valence-electron chi connectivity index (χ0n) is 15.9. The highest BCUT2D eigenvalue weighted by Gasteiger charge is 2.32. The maximum absolute atomic E-state index is 13.2. The summed E-state index contributed by atoms with van der Waals surface area (Å²) in [5, 5.41) is 0. The lowest BCUT2D eigenvalue weighted by atomic mass is 10.2. The number of hydrogen-bond donors (Lipinski definition) is 1. The van der Waals surface area contributed by atoms with Crippen LogP contribution in [0.25, 0.3) is 11.2 Å². The average Bonchev–Trinajstić information content (AvgIpc) is 3.09. The van der Waals surface area contributed by atoms with Gasteiger partial charge in [-0.25, -0.2) is 19.2 Å². The number of aromatic nitrogens is 4. The van der Waals surface area contributed by atoms with Crippen molar-refractivity contribution in [2.75, 3.05) is 11.4 Å². The maximum atomic E-state index is 13.2. The van der Waals surface area contributed by atoms with Crippen molar-refractivity contribution in [2.45, 2.75) is 45.7 Å². The molecule has 0 aliphatic carbocycles. The van der Waals surface area contributed by atoms with Crippen LogP contribution >= 0.6 is 0 Å². The van der Waals surface area contributed by atoms with Gasteiger partial charge < -0.3 is 0 Å². The highest BCUT2D eigenvalue weighted by molar-refractivity contribution is 5.70. The number of rotatable bonds is 5. The zero-order chi connectivity index (χ0) is 19.0. The molecule has 0 unspecified atom stereocenters. The molecule has 1 aliphatic rings. The Hall–Kier alpha value is -2.83. The van der Waals surface area contributed by atoms with Crippen molar-refractivity contribution in [3.05, 3.63) is 51.2 Å². The van der Waals surface area contributed by atoms with E-state index in [0.717, 1.165) is 50.4 Å². The van der Waals surface area contributed by atoms with E-state index in [4.69, 9.17) is 0 Å². The summed E-state index contributed by atoms with van der Waals surface area (Å²) in [4.78, 5) is 31.4. The summed E-state index contributed by atoms with van der Waals surface area (Å²) >= 11 is 0. The van der Waals surface area contributed by atoms with Crippen molar-refractivity contribution in [2.24, 2.45) is 7.05 Å². The zero-order valence-corrected chi connectivity index (χ0v) is 15.9. The molecule has 3 heterocycles. The van der Waals surface area contributed by atoms with E-state index >= 15 is 0 Å². The van der Waals surface area contributed by atoms with Crippen molar-refractivity contribution in [3.8, 4) is 0 Å². The molecule has 142 valence electrons. The number of nitrogens with zero attached hydrogens (tertiary/aromatic N) is 4. The van der Waals surface area contributed by atoms with Crippen LogP contribution in [0.2, 0.25) is 0 Å². The van der Waals surface area contributed by atoms with Gasteiger partial charge in [0.05, 0.1) is 13.1 Å². The molecule has 0 saturated carbocycles. The van der Waals surface area contributed by atoms with Crippen LogP contribution in [0, 0.1) is 0 Å². The monoisotopic (exact) mass is 368 g/mol. The minimum absolute atomic E-state index is 0.193. The second kappa shape index (κ2) is 7.06. The lowest BCUT2D eigenvalue weighted by Gasteiger charge is -2.21. The molecule has 1 aliphatic heterocycles. The topological polar surface area (TPSA) is 66.9 Å². The minimum Gasteiger partial charge on any atom is -0.267 e. The summed E-state index contributed by atoms with van der Waals surface area (Å²) in [5.41, 5.74) is 1.81. The number of benzene rings is 1. The van der Waals surface area contributed by atoms with Gasteiger partial charge in [-0.15, -0.1) is 0 Å². The lowest BCUT2D eigenvalue weighted by Crippen LogP contribution is -2.49. The number of anilines is 2. The molecule has 0 atom stereocenters. The second-order valence-electron chi connectivity index (χ2n) is 7.14. The molecule has 0 saturated heterocycles. The van der Waals surface area contributed by atoms with Gasteiger partial charge in [0, 0.05) is 20.0 Å². The number of aryl methyl sites for hydroxylation is 2. The molecular formula is C20H26N5O2+. The van der Waals surface area contributed by atoms with Gasteiger partial charge in [-0.05, 0) is 18.6 Å². The molecule has 0 bridgehead atoms. The quantitative estimate of drug-likeness (QED) is 0.554. The van der Waals surface area contributed by atoms with Crippen LogP contribution in [0.4, 0.5) is 11.6 Å². The fourth-order valence-corrected chi connectivity index (χ4v) is 3.92. The predicted octanol–water partition coefficient (Wildman–Crippen LogP) is 2.05. The summed E-state index contributed by atoms with van der Waals surface area (Å²) in [7, 11) is 1.73. The number of aromatic amines is 1. The molecule has 0 fully saturated rings. The van der Waals surface area contributed by atoms with Gasteiger partial charge in [-0.1, -0.05) is 38.0 Å². The predicted molar refractivity (Wildman–Crippen MR) is 106 cm³/mol. The Morgan fingerprint density at radius 2 is 1.93 bits per heavy atom. The fraction of sp³-hybridized carbons (Fsp3) is 0.450. The van der Waals surface area contributed by atoms with Crippen molar-refractivity contribution >= 4 is 22.8 Å². The van der Waals surface area contributed by atoms with Crippen LogP contribution in [-0.4, -0.2) is 20.7 Å². The Morgan fingerprint density at radius 1 is 1.15 bits per heavy atom. The SMILES string of the molecule is CCCCCn1c(=O)c2c([nH]c3[n+]2CCCN3c2ccccc2)n(C)c1=O. The van der Waals surface area contributed by atoms with Crippen molar-refractivity contribution in [1.29, 1.82) is 0 Å². The number of para-hydroxylation sites is 1. The largest absolute Gasteiger partial charge is 0.364 e. The molecule has 7 nitrogen and oxygen atoms in total. The summed E-state index contributed by atoms with van der Waals surface area (Å²) < 4.78 is 4.99. The highest BCUT2D eigenvalue weighted by Crippen LogP contribution is 2.25. The van der Waals surface area contributed by atoms with Gasteiger partial charge in [-0.3, -0.25) is 13.9 Å². The molecule has 1 aromatic carbocycles. The fourth-order valence-electron chi connectivity index (χ4n) is 3.92. The molecular weight excluding hydrogens is 342 g/mol. The first kappa shape index (κ1) is 17.6.